The van der Waals surface area contributed by atoms with Gasteiger partial charge in [-0.25, -0.2) is 0 Å². The van der Waals surface area contributed by atoms with Crippen LogP contribution in [0.2, 0.25) is 0 Å². The summed E-state index contributed by atoms with van der Waals surface area (Å²) in [7, 11) is 1.95. The molecule has 0 radical (unpaired) electrons. The fourth-order valence-electron chi connectivity index (χ4n) is 2.69. The van der Waals surface area contributed by atoms with Crippen LogP contribution in [0.3, 0.4) is 0 Å². The maximum Gasteiger partial charge on any atom is 0.416 e. The lowest BCUT2D eigenvalue weighted by atomic mass is 9.87. The molecular weight excluding hydrogens is 251 g/mol. The summed E-state index contributed by atoms with van der Waals surface area (Å²) >= 11 is 0. The molecule has 1 aliphatic rings. The Hall–Kier alpha value is -1.03. The van der Waals surface area contributed by atoms with Gasteiger partial charge in [-0.1, -0.05) is 39.0 Å². The molecule has 1 aromatic rings. The first-order valence-corrected chi connectivity index (χ1v) is 6.74. The maximum atomic E-state index is 12.9. The highest BCUT2D eigenvalue weighted by Gasteiger charge is 2.38. The molecule has 19 heavy (non-hydrogen) atoms. The number of benzene rings is 1. The molecule has 4 heteroatoms. The highest BCUT2D eigenvalue weighted by Crippen LogP contribution is 2.39. The SMILES string of the molecule is CC.C[C@H]1CN(C)C[C@@H]1c1ccccc1C(F)(F)F. The van der Waals surface area contributed by atoms with Crippen molar-refractivity contribution < 1.29 is 13.2 Å². The van der Waals surface area contributed by atoms with Gasteiger partial charge in [-0.05, 0) is 24.6 Å². The summed E-state index contributed by atoms with van der Waals surface area (Å²) in [6, 6.07) is 5.94. The molecule has 1 aliphatic heterocycles. The summed E-state index contributed by atoms with van der Waals surface area (Å²) in [4.78, 5) is 2.09. The second-order valence-corrected chi connectivity index (χ2v) is 4.89. The largest absolute Gasteiger partial charge is 0.416 e. The quantitative estimate of drug-likeness (QED) is 0.733. The van der Waals surface area contributed by atoms with Crippen LogP contribution in [0.1, 0.15) is 37.8 Å². The molecule has 0 N–H and O–H groups in total. The number of likely N-dealkylation sites (tertiary alicyclic amines) is 1. The molecule has 2 atom stereocenters. The molecule has 0 unspecified atom stereocenters. The predicted octanol–water partition coefficient (Wildman–Crippen LogP) is 4.40. The Morgan fingerprint density at radius 1 is 1.11 bits per heavy atom. The Morgan fingerprint density at radius 3 is 2.16 bits per heavy atom. The average Bonchev–Trinajstić information content (AvgIpc) is 2.70. The summed E-state index contributed by atoms with van der Waals surface area (Å²) in [6.07, 6.45) is -4.25. The number of hydrogen-bond donors (Lipinski definition) is 0. The maximum absolute atomic E-state index is 12.9. The number of hydrogen-bond acceptors (Lipinski definition) is 1. The minimum Gasteiger partial charge on any atom is -0.305 e. The molecule has 1 aromatic carbocycles. The molecule has 0 aromatic heterocycles. The summed E-state index contributed by atoms with van der Waals surface area (Å²) in [5, 5.41) is 0. The molecule has 1 fully saturated rings. The van der Waals surface area contributed by atoms with E-state index in [9.17, 15) is 13.2 Å². The van der Waals surface area contributed by atoms with E-state index < -0.39 is 11.7 Å². The van der Waals surface area contributed by atoms with Gasteiger partial charge in [-0.3, -0.25) is 0 Å². The zero-order valence-corrected chi connectivity index (χ0v) is 12.0. The van der Waals surface area contributed by atoms with Gasteiger partial charge in [0.05, 0.1) is 5.56 Å². The Labute approximate surface area is 113 Å². The van der Waals surface area contributed by atoms with E-state index in [-0.39, 0.29) is 11.8 Å². The smallest absolute Gasteiger partial charge is 0.305 e. The number of likely N-dealkylation sites (N-methyl/N-ethyl adjacent to an activating group) is 1. The zero-order chi connectivity index (χ0) is 14.6. The van der Waals surface area contributed by atoms with Crippen molar-refractivity contribution in [3.8, 4) is 0 Å². The third-order valence-electron chi connectivity index (χ3n) is 3.46. The molecule has 108 valence electrons. The number of halogens is 3. The lowest BCUT2D eigenvalue weighted by Crippen LogP contribution is -2.16. The monoisotopic (exact) mass is 273 g/mol. The molecular formula is C15H22F3N. The second kappa shape index (κ2) is 6.42. The van der Waals surface area contributed by atoms with E-state index in [2.05, 4.69) is 4.90 Å². The fourth-order valence-corrected chi connectivity index (χ4v) is 2.69. The third kappa shape index (κ3) is 3.72. The van der Waals surface area contributed by atoms with Crippen molar-refractivity contribution in [2.24, 2.45) is 5.92 Å². The predicted molar refractivity (Wildman–Crippen MR) is 72.2 cm³/mol. The molecule has 1 saturated heterocycles. The van der Waals surface area contributed by atoms with Crippen LogP contribution in [-0.4, -0.2) is 25.0 Å². The lowest BCUT2D eigenvalue weighted by Gasteiger charge is -2.20. The first-order chi connectivity index (χ1) is 8.89. The van der Waals surface area contributed by atoms with E-state index in [1.54, 1.807) is 12.1 Å². The van der Waals surface area contributed by atoms with Gasteiger partial charge in [0.25, 0.3) is 0 Å². The van der Waals surface area contributed by atoms with Crippen molar-refractivity contribution in [2.45, 2.75) is 32.9 Å². The fraction of sp³-hybridized carbons (Fsp3) is 0.600. The van der Waals surface area contributed by atoms with Crippen LogP contribution < -0.4 is 0 Å². The van der Waals surface area contributed by atoms with E-state index in [4.69, 9.17) is 0 Å². The normalized spacial score (nSPS) is 23.9. The molecule has 0 saturated carbocycles. The van der Waals surface area contributed by atoms with Crippen LogP contribution in [0, 0.1) is 5.92 Å². The van der Waals surface area contributed by atoms with Crippen molar-refractivity contribution in [3.05, 3.63) is 35.4 Å². The zero-order valence-electron chi connectivity index (χ0n) is 12.0. The molecule has 0 spiro atoms. The van der Waals surface area contributed by atoms with Crippen molar-refractivity contribution >= 4 is 0 Å². The summed E-state index contributed by atoms with van der Waals surface area (Å²) in [6.45, 7) is 7.58. The van der Waals surface area contributed by atoms with Gasteiger partial charge in [-0.2, -0.15) is 13.2 Å². The Kier molecular flexibility index (Phi) is 5.41. The van der Waals surface area contributed by atoms with Gasteiger partial charge in [0.2, 0.25) is 0 Å². The van der Waals surface area contributed by atoms with E-state index >= 15 is 0 Å². The highest BCUT2D eigenvalue weighted by molar-refractivity contribution is 5.34. The van der Waals surface area contributed by atoms with Gasteiger partial charge >= 0.3 is 6.18 Å². The Morgan fingerprint density at radius 2 is 1.68 bits per heavy atom. The number of rotatable bonds is 1. The van der Waals surface area contributed by atoms with Gasteiger partial charge in [0, 0.05) is 19.0 Å². The minimum atomic E-state index is -4.25. The van der Waals surface area contributed by atoms with Crippen molar-refractivity contribution in [1.29, 1.82) is 0 Å². The van der Waals surface area contributed by atoms with E-state index in [0.29, 0.717) is 12.1 Å². The standard InChI is InChI=1S/C13H16F3N.C2H6/c1-9-7-17(2)8-11(9)10-5-3-4-6-12(10)13(14,15)16;1-2/h3-6,9,11H,7-8H2,1-2H3;1-2H3/t9-,11-;/m0./s1. The average molecular weight is 273 g/mol. The molecule has 1 nitrogen and oxygen atoms in total. The Balaban J connectivity index is 0.000000861. The topological polar surface area (TPSA) is 3.24 Å². The van der Waals surface area contributed by atoms with Gasteiger partial charge in [-0.15, -0.1) is 0 Å². The highest BCUT2D eigenvalue weighted by atomic mass is 19.4. The van der Waals surface area contributed by atoms with E-state index in [1.165, 1.54) is 12.1 Å². The molecule has 0 aliphatic carbocycles. The first kappa shape index (κ1) is 16.0. The van der Waals surface area contributed by atoms with Crippen molar-refractivity contribution in [3.63, 3.8) is 0 Å². The second-order valence-electron chi connectivity index (χ2n) is 4.89. The Bertz CT molecular complexity index is 401. The van der Waals surface area contributed by atoms with Gasteiger partial charge in [0.1, 0.15) is 0 Å². The third-order valence-corrected chi connectivity index (χ3v) is 3.46. The first-order valence-electron chi connectivity index (χ1n) is 6.74. The summed E-state index contributed by atoms with van der Waals surface area (Å²) in [5.74, 6) is 0.251. The van der Waals surface area contributed by atoms with Crippen LogP contribution in [-0.2, 0) is 6.18 Å². The van der Waals surface area contributed by atoms with Gasteiger partial charge in [0.15, 0.2) is 0 Å². The van der Waals surface area contributed by atoms with E-state index in [1.807, 2.05) is 27.8 Å². The van der Waals surface area contributed by atoms with Crippen LogP contribution in [0.5, 0.6) is 0 Å². The summed E-state index contributed by atoms with van der Waals surface area (Å²) in [5.41, 5.74) is -0.0380. The molecule has 0 amide bonds. The summed E-state index contributed by atoms with van der Waals surface area (Å²) < 4.78 is 38.7. The van der Waals surface area contributed by atoms with Gasteiger partial charge < -0.3 is 4.90 Å². The van der Waals surface area contributed by atoms with Crippen LogP contribution in [0.4, 0.5) is 13.2 Å². The van der Waals surface area contributed by atoms with Crippen LogP contribution >= 0.6 is 0 Å². The van der Waals surface area contributed by atoms with Crippen molar-refractivity contribution in [2.75, 3.05) is 20.1 Å². The van der Waals surface area contributed by atoms with Crippen LogP contribution in [0.25, 0.3) is 0 Å². The minimum absolute atomic E-state index is 0.0159. The van der Waals surface area contributed by atoms with Crippen LogP contribution in [0.15, 0.2) is 24.3 Å². The molecule has 2 rings (SSSR count). The number of nitrogens with zero attached hydrogens (tertiary/aromatic N) is 1. The number of alkyl halides is 3. The van der Waals surface area contributed by atoms with E-state index in [0.717, 1.165) is 6.54 Å². The molecule has 1 heterocycles. The lowest BCUT2D eigenvalue weighted by molar-refractivity contribution is -0.138. The molecule has 0 bridgehead atoms. The van der Waals surface area contributed by atoms with Crippen molar-refractivity contribution in [1.82, 2.24) is 4.90 Å².